The van der Waals surface area contributed by atoms with E-state index in [2.05, 4.69) is 47.1 Å². The zero-order chi connectivity index (χ0) is 16.9. The van der Waals surface area contributed by atoms with E-state index in [0.29, 0.717) is 19.9 Å². The third kappa shape index (κ3) is 3.79. The standard InChI is InChI=1S/C21H22N2O2/c1-3-10-20-18(8-1)22-15-23-19-9-2-4-11-21(19)25-14-17-7-5-6-16(12-17)13-24-20/h1,3,5-12,22-23H,2,4,13-15H2. The van der Waals surface area contributed by atoms with Crippen LogP contribution in [0.25, 0.3) is 0 Å². The van der Waals surface area contributed by atoms with E-state index in [4.69, 9.17) is 9.47 Å². The predicted molar refractivity (Wildman–Crippen MR) is 99.0 cm³/mol. The number of allylic oxidation sites excluding steroid dienone is 2. The molecule has 1 aliphatic heterocycles. The van der Waals surface area contributed by atoms with Crippen molar-refractivity contribution in [3.8, 4) is 5.75 Å². The van der Waals surface area contributed by atoms with E-state index in [1.54, 1.807) is 0 Å². The van der Waals surface area contributed by atoms with Gasteiger partial charge in [-0.15, -0.1) is 0 Å². The Hall–Kier alpha value is -2.88. The van der Waals surface area contributed by atoms with Crippen LogP contribution in [0, 0.1) is 0 Å². The smallest absolute Gasteiger partial charge is 0.142 e. The Kier molecular flexibility index (Phi) is 4.59. The third-order valence-electron chi connectivity index (χ3n) is 4.34. The average Bonchev–Trinajstić information content (AvgIpc) is 2.66. The van der Waals surface area contributed by atoms with Crippen LogP contribution in [0.5, 0.6) is 5.75 Å². The fourth-order valence-electron chi connectivity index (χ4n) is 3.05. The van der Waals surface area contributed by atoms with Gasteiger partial charge in [0, 0.05) is 0 Å². The quantitative estimate of drug-likeness (QED) is 0.753. The maximum atomic E-state index is 6.06. The van der Waals surface area contributed by atoms with E-state index >= 15 is 0 Å². The number of fused-ring (bicyclic) bond motifs is 4. The van der Waals surface area contributed by atoms with Crippen LogP contribution in [0.4, 0.5) is 5.69 Å². The molecule has 25 heavy (non-hydrogen) atoms. The number of hydrogen-bond donors (Lipinski definition) is 2. The number of rotatable bonds is 0. The summed E-state index contributed by atoms with van der Waals surface area (Å²) in [6.45, 7) is 1.70. The van der Waals surface area contributed by atoms with Crippen molar-refractivity contribution in [2.75, 3.05) is 12.0 Å². The van der Waals surface area contributed by atoms with Crippen molar-refractivity contribution in [1.82, 2.24) is 5.32 Å². The lowest BCUT2D eigenvalue weighted by molar-refractivity contribution is 0.200. The molecule has 0 fully saturated rings. The van der Waals surface area contributed by atoms with Crippen LogP contribution >= 0.6 is 0 Å². The molecule has 2 bridgehead atoms. The molecule has 2 aromatic carbocycles. The average molecular weight is 334 g/mol. The summed E-state index contributed by atoms with van der Waals surface area (Å²) in [5, 5.41) is 6.82. The van der Waals surface area contributed by atoms with E-state index < -0.39 is 0 Å². The van der Waals surface area contributed by atoms with Gasteiger partial charge < -0.3 is 20.1 Å². The molecule has 0 amide bonds. The van der Waals surface area contributed by atoms with E-state index in [1.165, 1.54) is 0 Å². The molecule has 4 heteroatoms. The van der Waals surface area contributed by atoms with Crippen LogP contribution in [0.1, 0.15) is 24.0 Å². The van der Waals surface area contributed by atoms with Gasteiger partial charge in [-0.05, 0) is 48.2 Å². The Morgan fingerprint density at radius 2 is 1.56 bits per heavy atom. The monoisotopic (exact) mass is 334 g/mol. The molecule has 0 saturated heterocycles. The molecule has 0 aromatic heterocycles. The van der Waals surface area contributed by atoms with E-state index in [-0.39, 0.29) is 0 Å². The normalized spacial score (nSPS) is 17.0. The number of anilines is 1. The Labute approximate surface area is 148 Å². The molecule has 0 spiro atoms. The molecule has 128 valence electrons. The Morgan fingerprint density at radius 1 is 0.760 bits per heavy atom. The minimum absolute atomic E-state index is 0.536. The Balaban J connectivity index is 1.63. The molecule has 0 atom stereocenters. The maximum absolute atomic E-state index is 6.06. The fourth-order valence-corrected chi connectivity index (χ4v) is 3.05. The van der Waals surface area contributed by atoms with Crippen molar-refractivity contribution in [1.29, 1.82) is 0 Å². The van der Waals surface area contributed by atoms with Crippen molar-refractivity contribution in [3.05, 3.63) is 83.3 Å². The lowest BCUT2D eigenvalue weighted by Gasteiger charge is -2.21. The van der Waals surface area contributed by atoms with Crippen LogP contribution in [0.15, 0.2) is 72.1 Å². The van der Waals surface area contributed by atoms with Crippen molar-refractivity contribution in [2.45, 2.75) is 26.1 Å². The summed E-state index contributed by atoms with van der Waals surface area (Å²) >= 11 is 0. The molecule has 0 radical (unpaired) electrons. The van der Waals surface area contributed by atoms with Crippen LogP contribution in [0.2, 0.25) is 0 Å². The summed E-state index contributed by atoms with van der Waals surface area (Å²) in [5.41, 5.74) is 4.31. The molecular formula is C21H22N2O2. The summed E-state index contributed by atoms with van der Waals surface area (Å²) in [6.07, 6.45) is 6.41. The number of ether oxygens (including phenoxy) is 2. The Morgan fingerprint density at radius 3 is 2.48 bits per heavy atom. The third-order valence-corrected chi connectivity index (χ3v) is 4.34. The lowest BCUT2D eigenvalue weighted by Crippen LogP contribution is -2.24. The van der Waals surface area contributed by atoms with Gasteiger partial charge in [0.1, 0.15) is 24.7 Å². The molecule has 2 aromatic rings. The summed E-state index contributed by atoms with van der Waals surface area (Å²) in [6, 6.07) is 16.4. The summed E-state index contributed by atoms with van der Waals surface area (Å²) < 4.78 is 12.1. The van der Waals surface area contributed by atoms with Gasteiger partial charge >= 0.3 is 0 Å². The summed E-state index contributed by atoms with van der Waals surface area (Å²) in [5.74, 6) is 1.79. The molecule has 0 saturated carbocycles. The first-order chi connectivity index (χ1) is 12.4. The minimum atomic E-state index is 0.536. The Bertz CT molecular complexity index is 811. The number of hydrogen-bond acceptors (Lipinski definition) is 4. The number of nitrogens with one attached hydrogen (secondary N) is 2. The van der Waals surface area contributed by atoms with E-state index in [0.717, 1.165) is 46.9 Å². The van der Waals surface area contributed by atoms with Gasteiger partial charge in [0.05, 0.1) is 18.1 Å². The second kappa shape index (κ2) is 7.34. The highest BCUT2D eigenvalue weighted by Crippen LogP contribution is 2.26. The van der Waals surface area contributed by atoms with Crippen molar-refractivity contribution < 1.29 is 9.47 Å². The molecule has 4 rings (SSSR count). The van der Waals surface area contributed by atoms with Crippen LogP contribution in [-0.4, -0.2) is 6.67 Å². The highest BCUT2D eigenvalue weighted by Gasteiger charge is 2.12. The van der Waals surface area contributed by atoms with Gasteiger partial charge in [-0.3, -0.25) is 0 Å². The van der Waals surface area contributed by atoms with E-state index in [9.17, 15) is 0 Å². The second-order valence-electron chi connectivity index (χ2n) is 6.19. The zero-order valence-corrected chi connectivity index (χ0v) is 14.1. The largest absolute Gasteiger partial charge is 0.487 e. The molecule has 1 heterocycles. The summed E-state index contributed by atoms with van der Waals surface area (Å²) in [7, 11) is 0. The molecule has 4 nitrogen and oxygen atoms in total. The van der Waals surface area contributed by atoms with Gasteiger partial charge in [-0.2, -0.15) is 0 Å². The van der Waals surface area contributed by atoms with Gasteiger partial charge in [-0.25, -0.2) is 0 Å². The molecule has 1 aliphatic carbocycles. The first-order valence-corrected chi connectivity index (χ1v) is 8.69. The molecular weight excluding hydrogens is 312 g/mol. The SMILES string of the molecule is C1=C2NCNc3ccccc3OCc3cccc(c3)COC2=CCC1. The highest BCUT2D eigenvalue weighted by atomic mass is 16.5. The van der Waals surface area contributed by atoms with Gasteiger partial charge in [0.25, 0.3) is 0 Å². The van der Waals surface area contributed by atoms with Gasteiger partial charge in [-0.1, -0.05) is 36.4 Å². The zero-order valence-electron chi connectivity index (χ0n) is 14.1. The van der Waals surface area contributed by atoms with Gasteiger partial charge in [0.2, 0.25) is 0 Å². The van der Waals surface area contributed by atoms with E-state index in [1.807, 2.05) is 24.3 Å². The maximum Gasteiger partial charge on any atom is 0.142 e. The molecule has 0 unspecified atom stereocenters. The van der Waals surface area contributed by atoms with Crippen molar-refractivity contribution >= 4 is 5.69 Å². The van der Waals surface area contributed by atoms with Crippen LogP contribution in [-0.2, 0) is 18.0 Å². The molecule has 2 aliphatic rings. The number of para-hydroxylation sites is 2. The van der Waals surface area contributed by atoms with Crippen LogP contribution < -0.4 is 15.4 Å². The number of benzene rings is 2. The van der Waals surface area contributed by atoms with Crippen LogP contribution in [0.3, 0.4) is 0 Å². The fraction of sp³-hybridized carbons (Fsp3) is 0.238. The molecule has 2 N–H and O–H groups in total. The first kappa shape index (κ1) is 15.6. The van der Waals surface area contributed by atoms with Crippen molar-refractivity contribution in [2.24, 2.45) is 0 Å². The summed E-state index contributed by atoms with van der Waals surface area (Å²) in [4.78, 5) is 0. The predicted octanol–water partition coefficient (Wildman–Crippen LogP) is 4.32. The van der Waals surface area contributed by atoms with Crippen molar-refractivity contribution in [3.63, 3.8) is 0 Å². The topological polar surface area (TPSA) is 42.5 Å². The van der Waals surface area contributed by atoms with Gasteiger partial charge in [0.15, 0.2) is 0 Å². The lowest BCUT2D eigenvalue weighted by atomic mass is 10.1. The first-order valence-electron chi connectivity index (χ1n) is 8.69. The minimum Gasteiger partial charge on any atom is -0.487 e. The highest BCUT2D eigenvalue weighted by molar-refractivity contribution is 5.56. The second-order valence-corrected chi connectivity index (χ2v) is 6.19.